The third kappa shape index (κ3) is 7.18. The number of nitrogens with zero attached hydrogens (tertiary/aromatic N) is 1. The molecule has 3 rings (SSSR count). The molecule has 0 spiro atoms. The lowest BCUT2D eigenvalue weighted by molar-refractivity contribution is -0.139. The standard InChI is InChI=1S/C25H21N3O5/c29-23(30)17-33-22-14-8-7-13-20(22)16-26-28-25(32)21(15-18-9-3-1-4-10-18)27-24(31)19-11-5-2-6-12-19/h1-16H,17H2,(H,27,31)(H,28,32)(H,29,30). The van der Waals surface area contributed by atoms with E-state index in [1.807, 2.05) is 18.2 Å². The van der Waals surface area contributed by atoms with Crippen LogP contribution in [-0.2, 0) is 9.59 Å². The first kappa shape index (κ1) is 23.0. The molecule has 0 aliphatic heterocycles. The second kappa shape index (κ2) is 11.6. The largest absolute Gasteiger partial charge is 0.481 e. The number of nitrogens with one attached hydrogen (secondary N) is 2. The fourth-order valence-corrected chi connectivity index (χ4v) is 2.74. The number of rotatable bonds is 9. The Morgan fingerprint density at radius 2 is 1.52 bits per heavy atom. The first-order valence-corrected chi connectivity index (χ1v) is 9.93. The fraction of sp³-hybridized carbons (Fsp3) is 0.0400. The highest BCUT2D eigenvalue weighted by Crippen LogP contribution is 2.15. The second-order valence-electron chi connectivity index (χ2n) is 6.71. The van der Waals surface area contributed by atoms with E-state index in [1.54, 1.807) is 66.7 Å². The molecule has 8 heteroatoms. The molecular weight excluding hydrogens is 422 g/mol. The third-order valence-corrected chi connectivity index (χ3v) is 4.28. The molecule has 0 aromatic heterocycles. The van der Waals surface area contributed by atoms with Crippen molar-refractivity contribution in [2.75, 3.05) is 6.61 Å². The van der Waals surface area contributed by atoms with Crippen LogP contribution in [0.1, 0.15) is 21.5 Å². The molecule has 0 aliphatic rings. The van der Waals surface area contributed by atoms with Gasteiger partial charge in [-0.15, -0.1) is 0 Å². The zero-order chi connectivity index (χ0) is 23.5. The van der Waals surface area contributed by atoms with Gasteiger partial charge < -0.3 is 15.2 Å². The van der Waals surface area contributed by atoms with Crippen molar-refractivity contribution in [3.63, 3.8) is 0 Å². The number of para-hydroxylation sites is 1. The number of ether oxygens (including phenoxy) is 1. The molecule has 0 fully saturated rings. The van der Waals surface area contributed by atoms with E-state index in [4.69, 9.17) is 9.84 Å². The summed E-state index contributed by atoms with van der Waals surface area (Å²) in [5, 5.41) is 15.3. The normalized spacial score (nSPS) is 11.1. The van der Waals surface area contributed by atoms with E-state index in [0.717, 1.165) is 0 Å². The second-order valence-corrected chi connectivity index (χ2v) is 6.71. The molecular formula is C25H21N3O5. The summed E-state index contributed by atoms with van der Waals surface area (Å²) in [6.45, 7) is -0.507. The van der Waals surface area contributed by atoms with E-state index >= 15 is 0 Å². The summed E-state index contributed by atoms with van der Waals surface area (Å²) in [7, 11) is 0. The molecule has 0 atom stereocenters. The number of hydrogen-bond donors (Lipinski definition) is 3. The molecule has 166 valence electrons. The molecule has 0 saturated heterocycles. The van der Waals surface area contributed by atoms with Crippen LogP contribution in [0.5, 0.6) is 5.75 Å². The first-order valence-electron chi connectivity index (χ1n) is 9.93. The lowest BCUT2D eigenvalue weighted by Crippen LogP contribution is -2.32. The number of benzene rings is 3. The van der Waals surface area contributed by atoms with Crippen LogP contribution in [0.25, 0.3) is 6.08 Å². The molecule has 3 aromatic rings. The van der Waals surface area contributed by atoms with E-state index in [-0.39, 0.29) is 5.70 Å². The van der Waals surface area contributed by atoms with E-state index in [1.165, 1.54) is 12.3 Å². The number of hydrogen-bond acceptors (Lipinski definition) is 5. The number of hydrazone groups is 1. The average molecular weight is 443 g/mol. The first-order chi connectivity index (χ1) is 16.0. The predicted octanol–water partition coefficient (Wildman–Crippen LogP) is 3.07. The minimum absolute atomic E-state index is 0.00242. The van der Waals surface area contributed by atoms with Crippen LogP contribution >= 0.6 is 0 Å². The van der Waals surface area contributed by atoms with Crippen LogP contribution in [0.4, 0.5) is 0 Å². The van der Waals surface area contributed by atoms with E-state index in [0.29, 0.717) is 22.4 Å². The van der Waals surface area contributed by atoms with Gasteiger partial charge in [0.15, 0.2) is 6.61 Å². The lowest BCUT2D eigenvalue weighted by atomic mass is 10.1. The van der Waals surface area contributed by atoms with Crippen molar-refractivity contribution in [1.82, 2.24) is 10.7 Å². The quantitative estimate of drug-likeness (QED) is 0.267. The van der Waals surface area contributed by atoms with Gasteiger partial charge in [0, 0.05) is 11.1 Å². The summed E-state index contributed by atoms with van der Waals surface area (Å²) in [5.41, 5.74) is 3.97. The van der Waals surface area contributed by atoms with Crippen LogP contribution in [0.2, 0.25) is 0 Å². The van der Waals surface area contributed by atoms with Crippen molar-refractivity contribution in [3.8, 4) is 5.75 Å². The molecule has 2 amide bonds. The highest BCUT2D eigenvalue weighted by molar-refractivity contribution is 6.05. The molecule has 0 aliphatic carbocycles. The SMILES string of the molecule is O=C(O)COc1ccccc1C=NNC(=O)C(=Cc1ccccc1)NC(=O)c1ccccc1. The number of carbonyl (C=O) groups is 3. The molecule has 0 unspecified atom stereocenters. The molecule has 0 saturated carbocycles. The monoisotopic (exact) mass is 443 g/mol. The summed E-state index contributed by atoms with van der Waals surface area (Å²) in [6.07, 6.45) is 2.86. The Labute approximate surface area is 190 Å². The minimum atomic E-state index is -1.11. The molecule has 3 N–H and O–H groups in total. The Morgan fingerprint density at radius 1 is 0.879 bits per heavy atom. The molecule has 0 heterocycles. The van der Waals surface area contributed by atoms with Gasteiger partial charge in [0.1, 0.15) is 11.4 Å². The predicted molar refractivity (Wildman–Crippen MR) is 124 cm³/mol. The Balaban J connectivity index is 1.76. The number of carbonyl (C=O) groups excluding carboxylic acids is 2. The number of carboxylic acids is 1. The molecule has 3 aromatic carbocycles. The smallest absolute Gasteiger partial charge is 0.341 e. The van der Waals surface area contributed by atoms with Crippen molar-refractivity contribution in [2.24, 2.45) is 5.10 Å². The van der Waals surface area contributed by atoms with Gasteiger partial charge in [-0.05, 0) is 35.9 Å². The van der Waals surface area contributed by atoms with Crippen molar-refractivity contribution >= 4 is 30.1 Å². The summed E-state index contributed by atoms with van der Waals surface area (Å²) in [4.78, 5) is 36.1. The van der Waals surface area contributed by atoms with Crippen molar-refractivity contribution < 1.29 is 24.2 Å². The maximum Gasteiger partial charge on any atom is 0.341 e. The van der Waals surface area contributed by atoms with Crippen LogP contribution in [0, 0.1) is 0 Å². The van der Waals surface area contributed by atoms with E-state index in [9.17, 15) is 14.4 Å². The van der Waals surface area contributed by atoms with Crippen molar-refractivity contribution in [3.05, 3.63) is 107 Å². The van der Waals surface area contributed by atoms with Gasteiger partial charge in [0.05, 0.1) is 6.21 Å². The van der Waals surface area contributed by atoms with Crippen LogP contribution in [0.15, 0.2) is 95.7 Å². The molecule has 33 heavy (non-hydrogen) atoms. The van der Waals surface area contributed by atoms with E-state index in [2.05, 4.69) is 15.8 Å². The molecule has 0 bridgehead atoms. The van der Waals surface area contributed by atoms with Crippen molar-refractivity contribution in [2.45, 2.75) is 0 Å². The highest BCUT2D eigenvalue weighted by atomic mass is 16.5. The lowest BCUT2D eigenvalue weighted by Gasteiger charge is -2.09. The maximum absolute atomic E-state index is 12.8. The minimum Gasteiger partial charge on any atom is -0.481 e. The Hall–Kier alpha value is -4.72. The van der Waals surface area contributed by atoms with Gasteiger partial charge in [0.25, 0.3) is 11.8 Å². The Bertz CT molecular complexity index is 1170. The summed E-state index contributed by atoms with van der Waals surface area (Å²) >= 11 is 0. The number of aliphatic carboxylic acids is 1. The van der Waals surface area contributed by atoms with Gasteiger partial charge in [0.2, 0.25) is 0 Å². The van der Waals surface area contributed by atoms with Crippen LogP contribution in [0.3, 0.4) is 0 Å². The fourth-order valence-electron chi connectivity index (χ4n) is 2.74. The topological polar surface area (TPSA) is 117 Å². The molecule has 0 radical (unpaired) electrons. The van der Waals surface area contributed by atoms with Crippen LogP contribution < -0.4 is 15.5 Å². The van der Waals surface area contributed by atoms with Crippen LogP contribution in [-0.4, -0.2) is 35.7 Å². The van der Waals surface area contributed by atoms with Gasteiger partial charge in [-0.1, -0.05) is 60.7 Å². The highest BCUT2D eigenvalue weighted by Gasteiger charge is 2.14. The zero-order valence-corrected chi connectivity index (χ0v) is 17.5. The van der Waals surface area contributed by atoms with Gasteiger partial charge >= 0.3 is 5.97 Å². The molecule has 8 nitrogen and oxygen atoms in total. The van der Waals surface area contributed by atoms with Gasteiger partial charge in [-0.3, -0.25) is 9.59 Å². The van der Waals surface area contributed by atoms with Gasteiger partial charge in [-0.25, -0.2) is 10.2 Å². The summed E-state index contributed by atoms with van der Waals surface area (Å²) < 4.78 is 5.21. The average Bonchev–Trinajstić information content (AvgIpc) is 2.84. The maximum atomic E-state index is 12.8. The Morgan fingerprint density at radius 3 is 2.21 bits per heavy atom. The van der Waals surface area contributed by atoms with E-state index < -0.39 is 24.4 Å². The number of carboxylic acid groups (broad SMARTS) is 1. The third-order valence-electron chi connectivity index (χ3n) is 4.28. The van der Waals surface area contributed by atoms with Gasteiger partial charge in [-0.2, -0.15) is 5.10 Å². The summed E-state index contributed by atoms with van der Waals surface area (Å²) in [5.74, 6) is -1.89. The van der Waals surface area contributed by atoms with Crippen molar-refractivity contribution in [1.29, 1.82) is 0 Å². The zero-order valence-electron chi connectivity index (χ0n) is 17.5. The number of amides is 2. The summed E-state index contributed by atoms with van der Waals surface area (Å²) in [6, 6.07) is 24.2. The Kier molecular flexibility index (Phi) is 8.08.